The Balaban J connectivity index is 2.57. The van der Waals surface area contributed by atoms with Crippen LogP contribution in [0.3, 0.4) is 0 Å². The Morgan fingerprint density at radius 1 is 2.00 bits per heavy atom. The minimum absolute atomic E-state index is 0.255. The number of nitrogens with zero attached hydrogens (tertiary/aromatic N) is 2. The molecule has 1 aliphatic heterocycles. The molecule has 0 aromatic rings. The van der Waals surface area contributed by atoms with Crippen molar-refractivity contribution in [3.05, 3.63) is 0 Å². The quantitative estimate of drug-likeness (QED) is 0.451. The SMILES string of the molecule is CC1=NC(C#N)CO1. The lowest BCUT2D eigenvalue weighted by atomic mass is 10.4. The predicted molar refractivity (Wildman–Crippen MR) is 28.5 cm³/mol. The van der Waals surface area contributed by atoms with E-state index in [0.29, 0.717) is 12.5 Å². The second kappa shape index (κ2) is 1.83. The third-order valence-corrected chi connectivity index (χ3v) is 0.937. The Kier molecular flexibility index (Phi) is 1.17. The maximum absolute atomic E-state index is 8.25. The molecule has 0 aromatic carbocycles. The molecule has 1 aliphatic rings. The van der Waals surface area contributed by atoms with E-state index in [1.807, 2.05) is 6.07 Å². The van der Waals surface area contributed by atoms with Crippen molar-refractivity contribution in [2.24, 2.45) is 4.99 Å². The Labute approximate surface area is 47.6 Å². The van der Waals surface area contributed by atoms with Crippen molar-refractivity contribution in [2.45, 2.75) is 13.0 Å². The summed E-state index contributed by atoms with van der Waals surface area (Å²) in [7, 11) is 0. The van der Waals surface area contributed by atoms with E-state index in [1.165, 1.54) is 0 Å². The van der Waals surface area contributed by atoms with Crippen LogP contribution >= 0.6 is 0 Å². The van der Waals surface area contributed by atoms with Gasteiger partial charge in [-0.05, 0) is 0 Å². The maximum Gasteiger partial charge on any atom is 0.181 e. The van der Waals surface area contributed by atoms with Gasteiger partial charge in [-0.2, -0.15) is 5.26 Å². The Morgan fingerprint density at radius 3 is 3.00 bits per heavy atom. The summed E-state index contributed by atoms with van der Waals surface area (Å²) < 4.78 is 4.88. The number of hydrogen-bond donors (Lipinski definition) is 0. The van der Waals surface area contributed by atoms with E-state index in [-0.39, 0.29) is 6.04 Å². The molecule has 42 valence electrons. The highest BCUT2D eigenvalue weighted by Crippen LogP contribution is 2.01. The molecular formula is C5H6N2O. The predicted octanol–water partition coefficient (Wildman–Crippen LogP) is 0.327. The molecule has 1 atom stereocenters. The van der Waals surface area contributed by atoms with Crippen LogP contribution in [0.15, 0.2) is 4.99 Å². The molecule has 0 N–H and O–H groups in total. The van der Waals surface area contributed by atoms with E-state index in [2.05, 4.69) is 4.99 Å². The summed E-state index contributed by atoms with van der Waals surface area (Å²) >= 11 is 0. The van der Waals surface area contributed by atoms with Gasteiger partial charge in [0.05, 0.1) is 6.07 Å². The van der Waals surface area contributed by atoms with Crippen LogP contribution in [0.25, 0.3) is 0 Å². The molecule has 1 rings (SSSR count). The van der Waals surface area contributed by atoms with Gasteiger partial charge in [0.2, 0.25) is 0 Å². The maximum atomic E-state index is 8.25. The van der Waals surface area contributed by atoms with Gasteiger partial charge in [0, 0.05) is 6.92 Å². The molecule has 0 saturated heterocycles. The molecule has 3 nitrogen and oxygen atoms in total. The molecule has 0 aliphatic carbocycles. The lowest BCUT2D eigenvalue weighted by Gasteiger charge is -1.88. The first kappa shape index (κ1) is 5.10. The molecule has 0 fully saturated rings. The second-order valence-electron chi connectivity index (χ2n) is 1.60. The van der Waals surface area contributed by atoms with Gasteiger partial charge in [-0.25, -0.2) is 4.99 Å². The highest BCUT2D eigenvalue weighted by atomic mass is 16.5. The van der Waals surface area contributed by atoms with Crippen LogP contribution in [0.2, 0.25) is 0 Å². The highest BCUT2D eigenvalue weighted by Gasteiger charge is 2.13. The number of hydrogen-bond acceptors (Lipinski definition) is 3. The van der Waals surface area contributed by atoms with E-state index in [9.17, 15) is 0 Å². The minimum atomic E-state index is -0.255. The van der Waals surface area contributed by atoms with Gasteiger partial charge in [0.15, 0.2) is 11.9 Å². The lowest BCUT2D eigenvalue weighted by molar-refractivity contribution is 0.330. The highest BCUT2D eigenvalue weighted by molar-refractivity contribution is 5.75. The fraction of sp³-hybridized carbons (Fsp3) is 0.600. The van der Waals surface area contributed by atoms with Gasteiger partial charge in [-0.3, -0.25) is 0 Å². The van der Waals surface area contributed by atoms with Crippen molar-refractivity contribution in [3.8, 4) is 6.07 Å². The van der Waals surface area contributed by atoms with Crippen LogP contribution in [0.5, 0.6) is 0 Å². The molecule has 1 unspecified atom stereocenters. The fourth-order valence-corrected chi connectivity index (χ4v) is 0.560. The van der Waals surface area contributed by atoms with Crippen LogP contribution in [-0.4, -0.2) is 18.5 Å². The van der Waals surface area contributed by atoms with Crippen LogP contribution < -0.4 is 0 Å². The first-order valence-corrected chi connectivity index (χ1v) is 2.40. The lowest BCUT2D eigenvalue weighted by Crippen LogP contribution is -2.00. The Hall–Kier alpha value is -1.04. The van der Waals surface area contributed by atoms with Crippen molar-refractivity contribution in [1.29, 1.82) is 5.26 Å². The molecule has 0 amide bonds. The van der Waals surface area contributed by atoms with E-state index >= 15 is 0 Å². The smallest absolute Gasteiger partial charge is 0.181 e. The summed E-state index contributed by atoms with van der Waals surface area (Å²) in [5, 5.41) is 8.25. The van der Waals surface area contributed by atoms with Crippen LogP contribution in [-0.2, 0) is 4.74 Å². The molecule has 0 spiro atoms. The van der Waals surface area contributed by atoms with Gasteiger partial charge in [0.25, 0.3) is 0 Å². The normalized spacial score (nSPS) is 26.0. The molecule has 3 heteroatoms. The summed E-state index contributed by atoms with van der Waals surface area (Å²) in [4.78, 5) is 3.84. The summed E-state index contributed by atoms with van der Waals surface area (Å²) in [5.41, 5.74) is 0. The number of rotatable bonds is 0. The average Bonchev–Trinajstić information content (AvgIpc) is 2.14. The molecule has 0 radical (unpaired) electrons. The van der Waals surface area contributed by atoms with E-state index in [0.717, 1.165) is 0 Å². The third-order valence-electron chi connectivity index (χ3n) is 0.937. The van der Waals surface area contributed by atoms with Crippen LogP contribution in [0.4, 0.5) is 0 Å². The van der Waals surface area contributed by atoms with Crippen molar-refractivity contribution in [1.82, 2.24) is 0 Å². The zero-order chi connectivity index (χ0) is 5.98. The van der Waals surface area contributed by atoms with Gasteiger partial charge in [0.1, 0.15) is 6.61 Å². The van der Waals surface area contributed by atoms with Gasteiger partial charge < -0.3 is 4.74 Å². The minimum Gasteiger partial charge on any atom is -0.478 e. The summed E-state index contributed by atoms with van der Waals surface area (Å²) in [6.45, 7) is 2.18. The van der Waals surface area contributed by atoms with Gasteiger partial charge in [-0.1, -0.05) is 0 Å². The number of nitriles is 1. The molecule has 0 aromatic heterocycles. The van der Waals surface area contributed by atoms with E-state index in [1.54, 1.807) is 6.92 Å². The molecule has 0 bridgehead atoms. The zero-order valence-corrected chi connectivity index (χ0v) is 4.59. The average molecular weight is 110 g/mol. The first-order chi connectivity index (χ1) is 3.83. The van der Waals surface area contributed by atoms with Crippen molar-refractivity contribution >= 4 is 5.90 Å². The molecule has 8 heavy (non-hydrogen) atoms. The zero-order valence-electron chi connectivity index (χ0n) is 4.59. The molecule has 0 saturated carbocycles. The molecular weight excluding hydrogens is 104 g/mol. The van der Waals surface area contributed by atoms with Crippen molar-refractivity contribution in [2.75, 3.05) is 6.61 Å². The standard InChI is InChI=1S/C5H6N2O/c1-4-7-5(2-6)3-8-4/h5H,3H2,1H3. The van der Waals surface area contributed by atoms with E-state index in [4.69, 9.17) is 10.00 Å². The third kappa shape index (κ3) is 0.784. The summed E-state index contributed by atoms with van der Waals surface area (Å²) in [5.74, 6) is 0.622. The summed E-state index contributed by atoms with van der Waals surface area (Å²) in [6, 6.07) is 1.73. The van der Waals surface area contributed by atoms with Crippen molar-refractivity contribution < 1.29 is 4.74 Å². The van der Waals surface area contributed by atoms with Gasteiger partial charge >= 0.3 is 0 Å². The van der Waals surface area contributed by atoms with Gasteiger partial charge in [-0.15, -0.1) is 0 Å². The Morgan fingerprint density at radius 2 is 2.75 bits per heavy atom. The number of ether oxygens (including phenoxy) is 1. The van der Waals surface area contributed by atoms with Crippen LogP contribution in [0.1, 0.15) is 6.92 Å². The second-order valence-corrected chi connectivity index (χ2v) is 1.60. The van der Waals surface area contributed by atoms with E-state index < -0.39 is 0 Å². The fourth-order valence-electron chi connectivity index (χ4n) is 0.560. The first-order valence-electron chi connectivity index (χ1n) is 2.40. The Bertz CT molecular complexity index is 156. The number of aliphatic imine (C=N–C) groups is 1. The molecule has 1 heterocycles. The monoisotopic (exact) mass is 110 g/mol. The van der Waals surface area contributed by atoms with Crippen molar-refractivity contribution in [3.63, 3.8) is 0 Å². The largest absolute Gasteiger partial charge is 0.478 e. The topological polar surface area (TPSA) is 45.4 Å². The van der Waals surface area contributed by atoms with Crippen LogP contribution in [0, 0.1) is 11.3 Å². The summed E-state index contributed by atoms with van der Waals surface area (Å²) in [6.07, 6.45) is 0.